The van der Waals surface area contributed by atoms with Crippen LogP contribution in [0.4, 0.5) is 0 Å². The van der Waals surface area contributed by atoms with E-state index in [0.29, 0.717) is 13.1 Å². The normalized spacial score (nSPS) is 10.6. The first kappa shape index (κ1) is 19.2. The molecule has 0 aliphatic rings. The molecule has 0 aliphatic carbocycles. The molecule has 26 heavy (non-hydrogen) atoms. The number of rotatable bonds is 6. The zero-order valence-corrected chi connectivity index (χ0v) is 15.2. The van der Waals surface area contributed by atoms with Gasteiger partial charge in [0, 0.05) is 25.3 Å². The first-order valence-electron chi connectivity index (χ1n) is 8.46. The van der Waals surface area contributed by atoms with E-state index < -0.39 is 17.8 Å². The number of benzene rings is 1. The van der Waals surface area contributed by atoms with E-state index in [1.54, 1.807) is 17.9 Å². The van der Waals surface area contributed by atoms with Gasteiger partial charge in [0.2, 0.25) is 5.91 Å². The Bertz CT molecular complexity index is 936. The molecule has 0 bridgehead atoms. The Balaban J connectivity index is 2.37. The molecule has 2 aromatic rings. The number of carbonyl (C=O) groups excluding carboxylic acids is 1. The molecule has 0 atom stereocenters. The predicted molar refractivity (Wildman–Crippen MR) is 97.5 cm³/mol. The molecule has 2 rings (SSSR count). The second-order valence-corrected chi connectivity index (χ2v) is 6.22. The third-order valence-electron chi connectivity index (χ3n) is 4.13. The fourth-order valence-corrected chi connectivity index (χ4v) is 2.66. The third kappa shape index (κ3) is 4.09. The highest BCUT2D eigenvalue weighted by molar-refractivity contribution is 5.76. The second-order valence-electron chi connectivity index (χ2n) is 6.22. The average Bonchev–Trinajstić information content (AvgIpc) is 2.64. The summed E-state index contributed by atoms with van der Waals surface area (Å²) in [6, 6.07) is 11.2. The van der Waals surface area contributed by atoms with Crippen LogP contribution in [0, 0.1) is 11.3 Å². The molecular weight excluding hydrogens is 332 g/mol. The van der Waals surface area contributed by atoms with Crippen molar-refractivity contribution < 1.29 is 4.79 Å². The molecule has 136 valence electrons. The summed E-state index contributed by atoms with van der Waals surface area (Å²) in [5.74, 6) is -0.346. The lowest BCUT2D eigenvalue weighted by molar-refractivity contribution is -0.134. The van der Waals surface area contributed by atoms with Crippen LogP contribution in [0.2, 0.25) is 0 Å². The van der Waals surface area contributed by atoms with Gasteiger partial charge in [0.15, 0.2) is 0 Å². The topological polar surface area (TPSA) is 88.1 Å². The number of hydrogen-bond acceptors (Lipinski definition) is 4. The molecule has 7 nitrogen and oxygen atoms in total. The number of carbonyl (C=O) groups is 1. The Hall–Kier alpha value is -3.14. The summed E-state index contributed by atoms with van der Waals surface area (Å²) >= 11 is 0. The van der Waals surface area contributed by atoms with Crippen LogP contribution in [0.15, 0.2) is 46.1 Å². The van der Waals surface area contributed by atoms with Gasteiger partial charge in [-0.05, 0) is 26.3 Å². The fraction of sp³-hybridized carbons (Fsp3) is 0.368. The van der Waals surface area contributed by atoms with Crippen LogP contribution in [0.25, 0.3) is 0 Å². The van der Waals surface area contributed by atoms with Crippen LogP contribution < -0.4 is 11.2 Å². The highest BCUT2D eigenvalue weighted by atomic mass is 16.2. The van der Waals surface area contributed by atoms with E-state index in [1.807, 2.05) is 44.2 Å². The molecule has 0 radical (unpaired) electrons. The van der Waals surface area contributed by atoms with Crippen molar-refractivity contribution >= 4 is 5.91 Å². The highest BCUT2D eigenvalue weighted by Crippen LogP contribution is 2.09. The van der Waals surface area contributed by atoms with Crippen molar-refractivity contribution in [2.75, 3.05) is 0 Å². The Morgan fingerprint density at radius 1 is 1.23 bits per heavy atom. The number of amides is 1. The minimum absolute atomic E-state index is 0.106. The number of nitriles is 1. The molecular formula is C19H22N4O3. The molecule has 1 heterocycles. The molecule has 0 N–H and O–H groups in total. The molecule has 1 aromatic heterocycles. The molecule has 1 amide bonds. The molecule has 0 aliphatic heterocycles. The fourth-order valence-electron chi connectivity index (χ4n) is 2.66. The van der Waals surface area contributed by atoms with Gasteiger partial charge in [-0.2, -0.15) is 5.26 Å². The zero-order chi connectivity index (χ0) is 19.3. The molecule has 0 unspecified atom stereocenters. The summed E-state index contributed by atoms with van der Waals surface area (Å²) in [4.78, 5) is 39.2. The minimum Gasteiger partial charge on any atom is -0.334 e. The van der Waals surface area contributed by atoms with E-state index in [4.69, 9.17) is 5.26 Å². The molecule has 0 saturated heterocycles. The van der Waals surface area contributed by atoms with Gasteiger partial charge in [-0.25, -0.2) is 9.36 Å². The van der Waals surface area contributed by atoms with E-state index >= 15 is 0 Å². The first-order valence-corrected chi connectivity index (χ1v) is 8.46. The number of nitrogens with zero attached hydrogens (tertiary/aromatic N) is 4. The van der Waals surface area contributed by atoms with Gasteiger partial charge in [-0.3, -0.25) is 14.2 Å². The van der Waals surface area contributed by atoms with Gasteiger partial charge in [-0.15, -0.1) is 0 Å². The number of aromatic nitrogens is 2. The molecule has 1 aromatic carbocycles. The molecule has 0 fully saturated rings. The predicted octanol–water partition coefficient (Wildman–Crippen LogP) is 1.34. The van der Waals surface area contributed by atoms with Crippen LogP contribution >= 0.6 is 0 Å². The lowest BCUT2D eigenvalue weighted by Crippen LogP contribution is -2.46. The Labute approximate surface area is 151 Å². The van der Waals surface area contributed by atoms with Crippen molar-refractivity contribution in [3.63, 3.8) is 0 Å². The van der Waals surface area contributed by atoms with Crippen molar-refractivity contribution in [1.82, 2.24) is 14.0 Å². The van der Waals surface area contributed by atoms with Crippen LogP contribution in [-0.4, -0.2) is 26.0 Å². The van der Waals surface area contributed by atoms with Crippen LogP contribution in [0.3, 0.4) is 0 Å². The Morgan fingerprint density at radius 2 is 1.88 bits per heavy atom. The monoisotopic (exact) mass is 354 g/mol. The van der Waals surface area contributed by atoms with Gasteiger partial charge in [0.1, 0.15) is 18.2 Å². The van der Waals surface area contributed by atoms with E-state index in [9.17, 15) is 14.4 Å². The molecule has 7 heteroatoms. The van der Waals surface area contributed by atoms with Gasteiger partial charge in [0.25, 0.3) is 5.56 Å². The smallest absolute Gasteiger partial charge is 0.331 e. The van der Waals surface area contributed by atoms with E-state index in [1.165, 1.54) is 10.8 Å². The van der Waals surface area contributed by atoms with Crippen LogP contribution in [-0.2, 0) is 24.4 Å². The van der Waals surface area contributed by atoms with Crippen molar-refractivity contribution in [2.24, 2.45) is 0 Å². The van der Waals surface area contributed by atoms with Crippen LogP contribution in [0.5, 0.6) is 0 Å². The standard InChI is InChI=1S/C19H22N4O3/c1-4-21-12-16(10-20)18(25)23(19(21)26)13-17(24)22(14(2)3)11-15-8-6-5-7-9-15/h5-9,12,14H,4,11,13H2,1-3H3. The minimum atomic E-state index is -0.737. The summed E-state index contributed by atoms with van der Waals surface area (Å²) in [6.07, 6.45) is 1.23. The molecule has 0 saturated carbocycles. The van der Waals surface area contributed by atoms with E-state index in [-0.39, 0.29) is 17.5 Å². The molecule has 0 spiro atoms. The highest BCUT2D eigenvalue weighted by Gasteiger charge is 2.21. The SMILES string of the molecule is CCn1cc(C#N)c(=O)n(CC(=O)N(Cc2ccccc2)C(C)C)c1=O. The first-order chi connectivity index (χ1) is 12.4. The third-order valence-corrected chi connectivity index (χ3v) is 4.13. The van der Waals surface area contributed by atoms with Gasteiger partial charge in [-0.1, -0.05) is 30.3 Å². The summed E-state index contributed by atoms with van der Waals surface area (Å²) in [6.45, 7) is 5.78. The van der Waals surface area contributed by atoms with Crippen molar-refractivity contribution in [3.8, 4) is 6.07 Å². The second kappa shape index (κ2) is 8.30. The van der Waals surface area contributed by atoms with Crippen LogP contribution in [0.1, 0.15) is 31.9 Å². The quantitative estimate of drug-likeness (QED) is 0.783. The zero-order valence-electron chi connectivity index (χ0n) is 15.2. The van der Waals surface area contributed by atoms with Crippen molar-refractivity contribution in [3.05, 3.63) is 68.5 Å². The summed E-state index contributed by atoms with van der Waals surface area (Å²) in [7, 11) is 0. The number of hydrogen-bond donors (Lipinski definition) is 0. The summed E-state index contributed by atoms with van der Waals surface area (Å²) in [5, 5.41) is 9.11. The van der Waals surface area contributed by atoms with Crippen molar-refractivity contribution in [2.45, 2.75) is 46.4 Å². The van der Waals surface area contributed by atoms with Crippen molar-refractivity contribution in [1.29, 1.82) is 5.26 Å². The largest absolute Gasteiger partial charge is 0.334 e. The van der Waals surface area contributed by atoms with E-state index in [2.05, 4.69) is 0 Å². The maximum absolute atomic E-state index is 12.8. The van der Waals surface area contributed by atoms with Gasteiger partial charge >= 0.3 is 5.69 Å². The number of aryl methyl sites for hydroxylation is 1. The Kier molecular flexibility index (Phi) is 6.12. The van der Waals surface area contributed by atoms with Gasteiger partial charge in [0.05, 0.1) is 0 Å². The average molecular weight is 354 g/mol. The lowest BCUT2D eigenvalue weighted by atomic mass is 10.2. The summed E-state index contributed by atoms with van der Waals surface area (Å²) < 4.78 is 2.09. The van der Waals surface area contributed by atoms with Gasteiger partial charge < -0.3 is 4.90 Å². The lowest BCUT2D eigenvalue weighted by Gasteiger charge is -2.27. The Morgan fingerprint density at radius 3 is 2.42 bits per heavy atom. The maximum Gasteiger partial charge on any atom is 0.331 e. The van der Waals surface area contributed by atoms with E-state index in [0.717, 1.165) is 10.1 Å². The maximum atomic E-state index is 12.8. The summed E-state index contributed by atoms with van der Waals surface area (Å²) in [5.41, 5.74) is -0.524.